The van der Waals surface area contributed by atoms with Gasteiger partial charge in [-0.1, -0.05) is 6.92 Å². The standard InChI is InChI=1S/C15H21N5O2/c1-3-13-18-19-14(22-13)7-10-4-5-11(6-10)17-12-8-15(21)20(2)9-16-12/h8-11,17H,3-7H2,1-2H3/t10-,11+/m1/s1. The molecule has 2 heterocycles. The van der Waals surface area contributed by atoms with Crippen LogP contribution in [0.1, 0.15) is 38.0 Å². The molecule has 0 amide bonds. The Hall–Kier alpha value is -2.18. The lowest BCUT2D eigenvalue weighted by Gasteiger charge is -2.13. The van der Waals surface area contributed by atoms with Gasteiger partial charge in [-0.3, -0.25) is 4.79 Å². The zero-order valence-corrected chi connectivity index (χ0v) is 13.0. The Morgan fingerprint density at radius 3 is 2.91 bits per heavy atom. The van der Waals surface area contributed by atoms with E-state index in [-0.39, 0.29) is 5.56 Å². The van der Waals surface area contributed by atoms with Crippen molar-refractivity contribution in [2.24, 2.45) is 13.0 Å². The van der Waals surface area contributed by atoms with E-state index >= 15 is 0 Å². The summed E-state index contributed by atoms with van der Waals surface area (Å²) in [5, 5.41) is 11.4. The maximum absolute atomic E-state index is 11.6. The molecule has 2 atom stereocenters. The molecule has 118 valence electrons. The quantitative estimate of drug-likeness (QED) is 0.902. The first-order valence-corrected chi connectivity index (χ1v) is 7.74. The van der Waals surface area contributed by atoms with E-state index in [1.807, 2.05) is 6.92 Å². The van der Waals surface area contributed by atoms with Gasteiger partial charge in [-0.2, -0.15) is 0 Å². The summed E-state index contributed by atoms with van der Waals surface area (Å²) in [4.78, 5) is 15.8. The Bertz CT molecular complexity index is 693. The van der Waals surface area contributed by atoms with E-state index in [0.29, 0.717) is 23.7 Å². The summed E-state index contributed by atoms with van der Waals surface area (Å²) in [6, 6.07) is 1.89. The number of aryl methyl sites for hydroxylation is 2. The number of aromatic nitrogens is 4. The smallest absolute Gasteiger partial charge is 0.255 e. The number of hydrogen-bond donors (Lipinski definition) is 1. The number of hydrogen-bond acceptors (Lipinski definition) is 6. The van der Waals surface area contributed by atoms with Gasteiger partial charge in [0.15, 0.2) is 0 Å². The first kappa shape index (κ1) is 14.7. The SMILES string of the molecule is CCc1nnc(C[C@@H]2CC[C@H](Nc3cc(=O)n(C)cn3)C2)o1. The maximum atomic E-state index is 11.6. The fourth-order valence-corrected chi connectivity index (χ4v) is 2.90. The highest BCUT2D eigenvalue weighted by Gasteiger charge is 2.26. The Morgan fingerprint density at radius 2 is 2.18 bits per heavy atom. The summed E-state index contributed by atoms with van der Waals surface area (Å²) in [6.07, 6.45) is 6.36. The van der Waals surface area contributed by atoms with Crippen molar-refractivity contribution >= 4 is 5.82 Å². The molecule has 0 spiro atoms. The maximum Gasteiger partial charge on any atom is 0.255 e. The van der Waals surface area contributed by atoms with Crippen LogP contribution in [0, 0.1) is 5.92 Å². The summed E-state index contributed by atoms with van der Waals surface area (Å²) in [5.74, 6) is 2.62. The molecule has 0 bridgehead atoms. The third kappa shape index (κ3) is 3.35. The third-order valence-electron chi connectivity index (χ3n) is 4.15. The molecule has 0 unspecified atom stereocenters. The summed E-state index contributed by atoms with van der Waals surface area (Å²) in [6.45, 7) is 2.00. The van der Waals surface area contributed by atoms with Crippen molar-refractivity contribution < 1.29 is 4.42 Å². The van der Waals surface area contributed by atoms with Crippen molar-refractivity contribution in [1.82, 2.24) is 19.7 Å². The van der Waals surface area contributed by atoms with Crippen molar-refractivity contribution in [2.75, 3.05) is 5.32 Å². The molecule has 7 nitrogen and oxygen atoms in total. The molecule has 22 heavy (non-hydrogen) atoms. The second-order valence-corrected chi connectivity index (χ2v) is 5.89. The van der Waals surface area contributed by atoms with Crippen molar-refractivity contribution in [1.29, 1.82) is 0 Å². The minimum Gasteiger partial charge on any atom is -0.425 e. The zero-order chi connectivity index (χ0) is 15.5. The number of nitrogens with one attached hydrogen (secondary N) is 1. The van der Waals surface area contributed by atoms with Crippen LogP contribution in [0.2, 0.25) is 0 Å². The molecular formula is C15H21N5O2. The van der Waals surface area contributed by atoms with Crippen molar-refractivity contribution in [2.45, 2.75) is 45.1 Å². The van der Waals surface area contributed by atoms with E-state index in [9.17, 15) is 4.79 Å². The van der Waals surface area contributed by atoms with Gasteiger partial charge in [0, 0.05) is 32.0 Å². The summed E-state index contributed by atoms with van der Waals surface area (Å²) in [7, 11) is 1.69. The van der Waals surface area contributed by atoms with Crippen LogP contribution in [0.15, 0.2) is 21.6 Å². The Morgan fingerprint density at radius 1 is 1.36 bits per heavy atom. The van der Waals surface area contributed by atoms with E-state index in [4.69, 9.17) is 4.42 Å². The highest BCUT2D eigenvalue weighted by Crippen LogP contribution is 2.30. The lowest BCUT2D eigenvalue weighted by Crippen LogP contribution is -2.21. The third-order valence-corrected chi connectivity index (χ3v) is 4.15. The number of nitrogens with zero attached hydrogens (tertiary/aromatic N) is 4. The Labute approximate surface area is 128 Å². The second kappa shape index (κ2) is 6.29. The monoisotopic (exact) mass is 303 g/mol. The van der Waals surface area contributed by atoms with E-state index in [2.05, 4.69) is 20.5 Å². The predicted molar refractivity (Wildman–Crippen MR) is 81.6 cm³/mol. The molecule has 1 fully saturated rings. The summed E-state index contributed by atoms with van der Waals surface area (Å²) >= 11 is 0. The Balaban J connectivity index is 1.55. The first-order valence-electron chi connectivity index (χ1n) is 7.74. The van der Waals surface area contributed by atoms with Crippen LogP contribution in [0.5, 0.6) is 0 Å². The van der Waals surface area contributed by atoms with Gasteiger partial charge in [0.2, 0.25) is 11.8 Å². The van der Waals surface area contributed by atoms with Gasteiger partial charge in [0.25, 0.3) is 5.56 Å². The summed E-state index contributed by atoms with van der Waals surface area (Å²) < 4.78 is 7.04. The van der Waals surface area contributed by atoms with Crippen molar-refractivity contribution in [3.63, 3.8) is 0 Å². The van der Waals surface area contributed by atoms with Gasteiger partial charge in [-0.05, 0) is 25.2 Å². The molecule has 1 saturated carbocycles. The van der Waals surface area contributed by atoms with Crippen molar-refractivity contribution in [3.05, 3.63) is 34.5 Å². The van der Waals surface area contributed by atoms with Gasteiger partial charge in [0.1, 0.15) is 5.82 Å². The average molecular weight is 303 g/mol. The van der Waals surface area contributed by atoms with Crippen molar-refractivity contribution in [3.8, 4) is 0 Å². The second-order valence-electron chi connectivity index (χ2n) is 5.89. The fraction of sp³-hybridized carbons (Fsp3) is 0.600. The molecule has 2 aromatic rings. The summed E-state index contributed by atoms with van der Waals surface area (Å²) in [5.41, 5.74) is -0.0509. The highest BCUT2D eigenvalue weighted by atomic mass is 16.4. The largest absolute Gasteiger partial charge is 0.425 e. The molecule has 0 saturated heterocycles. The minimum absolute atomic E-state index is 0.0509. The molecular weight excluding hydrogens is 282 g/mol. The molecule has 3 rings (SSSR count). The normalized spacial score (nSPS) is 21.2. The van der Waals surface area contributed by atoms with Crippen LogP contribution in [-0.2, 0) is 19.9 Å². The number of anilines is 1. The van der Waals surface area contributed by atoms with Crippen LogP contribution in [-0.4, -0.2) is 25.8 Å². The van der Waals surface area contributed by atoms with Crippen LogP contribution < -0.4 is 10.9 Å². The van der Waals surface area contributed by atoms with Crippen LogP contribution in [0.25, 0.3) is 0 Å². The molecule has 7 heteroatoms. The topological polar surface area (TPSA) is 85.8 Å². The zero-order valence-electron chi connectivity index (χ0n) is 13.0. The molecule has 2 aromatic heterocycles. The molecule has 0 aliphatic heterocycles. The van der Waals surface area contributed by atoms with Crippen LogP contribution >= 0.6 is 0 Å². The first-order chi connectivity index (χ1) is 10.6. The van der Waals surface area contributed by atoms with Crippen LogP contribution in [0.4, 0.5) is 5.82 Å². The lowest BCUT2D eigenvalue weighted by molar-refractivity contribution is 0.409. The molecule has 1 aliphatic rings. The van der Waals surface area contributed by atoms with E-state index in [1.54, 1.807) is 19.4 Å². The van der Waals surface area contributed by atoms with Crippen LogP contribution in [0.3, 0.4) is 0 Å². The Kier molecular flexibility index (Phi) is 4.22. The lowest BCUT2D eigenvalue weighted by atomic mass is 10.0. The van der Waals surface area contributed by atoms with E-state index < -0.39 is 0 Å². The van der Waals surface area contributed by atoms with Gasteiger partial charge in [0.05, 0.1) is 6.33 Å². The highest BCUT2D eigenvalue weighted by molar-refractivity contribution is 5.33. The molecule has 0 aromatic carbocycles. The average Bonchev–Trinajstić information content (AvgIpc) is 3.13. The predicted octanol–water partition coefficient (Wildman–Crippen LogP) is 1.55. The fourth-order valence-electron chi connectivity index (χ4n) is 2.90. The number of rotatable bonds is 5. The molecule has 1 aliphatic carbocycles. The molecule has 1 N–H and O–H groups in total. The van der Waals surface area contributed by atoms with E-state index in [0.717, 1.165) is 38.0 Å². The van der Waals surface area contributed by atoms with E-state index in [1.165, 1.54) is 4.57 Å². The van der Waals surface area contributed by atoms with Gasteiger partial charge in [-0.25, -0.2) is 4.98 Å². The van der Waals surface area contributed by atoms with Gasteiger partial charge in [-0.15, -0.1) is 10.2 Å². The minimum atomic E-state index is -0.0509. The van der Waals surface area contributed by atoms with Gasteiger partial charge >= 0.3 is 0 Å². The van der Waals surface area contributed by atoms with Gasteiger partial charge < -0.3 is 14.3 Å². The molecule has 0 radical (unpaired) electrons.